The molecular weight excluding hydrogens is 186 g/mol. The summed E-state index contributed by atoms with van der Waals surface area (Å²) in [7, 11) is -0.725. The first-order valence-corrected chi connectivity index (χ1v) is 6.15. The van der Waals surface area contributed by atoms with Gasteiger partial charge in [0.1, 0.15) is 0 Å². The maximum absolute atomic E-state index is 10.8. The van der Waals surface area contributed by atoms with Crippen molar-refractivity contribution < 1.29 is 4.21 Å². The van der Waals surface area contributed by atoms with Crippen LogP contribution in [0.2, 0.25) is 0 Å². The zero-order valence-electron chi connectivity index (χ0n) is 8.54. The molecule has 0 saturated heterocycles. The van der Waals surface area contributed by atoms with Crippen LogP contribution < -0.4 is 11.1 Å². The Hall–Kier alpha value is -0.580. The van der Waals surface area contributed by atoms with Crippen molar-refractivity contribution in [3.8, 4) is 0 Å². The molecule has 0 saturated carbocycles. The minimum absolute atomic E-state index is 0.235. The lowest BCUT2D eigenvalue weighted by Crippen LogP contribution is -2.39. The fraction of sp³-hybridized carbons (Fsp3) is 0.875. The van der Waals surface area contributed by atoms with Crippen molar-refractivity contribution in [2.45, 2.75) is 26.3 Å². The molecule has 0 bridgehead atoms. The van der Waals surface area contributed by atoms with E-state index in [-0.39, 0.29) is 6.04 Å². The normalized spacial score (nSPS) is 16.7. The maximum atomic E-state index is 10.8. The molecule has 0 aromatic rings. The fourth-order valence-electron chi connectivity index (χ4n) is 0.883. The SMILES string of the molecule is CCN=C(N)NC(C)CCS(C)=O. The Morgan fingerprint density at radius 2 is 2.31 bits per heavy atom. The van der Waals surface area contributed by atoms with E-state index >= 15 is 0 Å². The van der Waals surface area contributed by atoms with Gasteiger partial charge in [-0.15, -0.1) is 0 Å². The van der Waals surface area contributed by atoms with Crippen LogP contribution in [0.5, 0.6) is 0 Å². The number of nitrogens with two attached hydrogens (primary N) is 1. The predicted octanol–water partition coefficient (Wildman–Crippen LogP) is 0.0677. The minimum atomic E-state index is -0.725. The minimum Gasteiger partial charge on any atom is -0.370 e. The lowest BCUT2D eigenvalue weighted by Gasteiger charge is -2.13. The zero-order chi connectivity index (χ0) is 10.3. The van der Waals surface area contributed by atoms with E-state index in [1.54, 1.807) is 6.26 Å². The van der Waals surface area contributed by atoms with Gasteiger partial charge < -0.3 is 11.1 Å². The summed E-state index contributed by atoms with van der Waals surface area (Å²) in [6.45, 7) is 4.62. The molecule has 0 aromatic heterocycles. The summed E-state index contributed by atoms with van der Waals surface area (Å²) in [6, 6.07) is 0.235. The average molecular weight is 205 g/mol. The van der Waals surface area contributed by atoms with Crippen LogP contribution in [-0.2, 0) is 10.8 Å². The summed E-state index contributed by atoms with van der Waals surface area (Å²) in [5.41, 5.74) is 5.55. The second kappa shape index (κ2) is 6.88. The number of guanidine groups is 1. The monoisotopic (exact) mass is 205 g/mol. The van der Waals surface area contributed by atoms with Crippen LogP contribution in [0.3, 0.4) is 0 Å². The van der Waals surface area contributed by atoms with Crippen molar-refractivity contribution in [3.05, 3.63) is 0 Å². The molecule has 0 rings (SSSR count). The van der Waals surface area contributed by atoms with E-state index in [4.69, 9.17) is 5.73 Å². The van der Waals surface area contributed by atoms with Crippen molar-refractivity contribution in [1.29, 1.82) is 0 Å². The van der Waals surface area contributed by atoms with Gasteiger partial charge in [-0.05, 0) is 20.3 Å². The predicted molar refractivity (Wildman–Crippen MR) is 58.3 cm³/mol. The van der Waals surface area contributed by atoms with Gasteiger partial charge >= 0.3 is 0 Å². The summed E-state index contributed by atoms with van der Waals surface area (Å²) in [6.07, 6.45) is 2.55. The van der Waals surface area contributed by atoms with E-state index in [1.807, 2.05) is 13.8 Å². The third-order valence-corrected chi connectivity index (χ3v) is 2.37. The van der Waals surface area contributed by atoms with Crippen LogP contribution in [-0.4, -0.2) is 34.8 Å². The van der Waals surface area contributed by atoms with E-state index in [2.05, 4.69) is 10.3 Å². The Bertz CT molecular complexity index is 194. The maximum Gasteiger partial charge on any atom is 0.188 e. The van der Waals surface area contributed by atoms with Crippen LogP contribution in [0.4, 0.5) is 0 Å². The van der Waals surface area contributed by atoms with Crippen molar-refractivity contribution >= 4 is 16.8 Å². The molecule has 78 valence electrons. The topological polar surface area (TPSA) is 67.5 Å². The van der Waals surface area contributed by atoms with Gasteiger partial charge in [-0.2, -0.15) is 0 Å². The Morgan fingerprint density at radius 3 is 2.77 bits per heavy atom. The standard InChI is InChI=1S/C8H19N3OS/c1-4-10-8(9)11-7(2)5-6-13(3)12/h7H,4-6H2,1-3H3,(H3,9,10,11). The molecule has 2 unspecified atom stereocenters. The second-order valence-corrected chi connectivity index (χ2v) is 4.53. The molecule has 0 radical (unpaired) electrons. The summed E-state index contributed by atoms with van der Waals surface area (Å²) in [4.78, 5) is 4.00. The Labute approximate surface area is 82.5 Å². The molecule has 0 heterocycles. The highest BCUT2D eigenvalue weighted by Crippen LogP contribution is 1.91. The van der Waals surface area contributed by atoms with Gasteiger partial charge in [-0.25, -0.2) is 0 Å². The van der Waals surface area contributed by atoms with Crippen LogP contribution in [0, 0.1) is 0 Å². The smallest absolute Gasteiger partial charge is 0.188 e. The molecule has 0 fully saturated rings. The number of aliphatic imine (C=N–C) groups is 1. The third-order valence-electron chi connectivity index (χ3n) is 1.56. The van der Waals surface area contributed by atoms with E-state index in [1.165, 1.54) is 0 Å². The molecule has 2 atom stereocenters. The first kappa shape index (κ1) is 12.4. The number of nitrogens with zero attached hydrogens (tertiary/aromatic N) is 1. The fourth-order valence-corrected chi connectivity index (χ4v) is 1.57. The molecule has 0 aliphatic carbocycles. The van der Waals surface area contributed by atoms with Gasteiger partial charge in [-0.1, -0.05) is 0 Å². The lowest BCUT2D eigenvalue weighted by molar-refractivity contribution is 0.630. The molecule has 5 heteroatoms. The van der Waals surface area contributed by atoms with Crippen molar-refractivity contribution in [2.24, 2.45) is 10.7 Å². The van der Waals surface area contributed by atoms with Gasteiger partial charge in [-0.3, -0.25) is 9.20 Å². The highest BCUT2D eigenvalue weighted by atomic mass is 32.2. The molecule has 13 heavy (non-hydrogen) atoms. The van der Waals surface area contributed by atoms with E-state index in [0.717, 1.165) is 6.42 Å². The highest BCUT2D eigenvalue weighted by Gasteiger charge is 2.02. The van der Waals surface area contributed by atoms with Gasteiger partial charge in [0, 0.05) is 35.4 Å². The van der Waals surface area contributed by atoms with Crippen molar-refractivity contribution in [1.82, 2.24) is 5.32 Å². The Kier molecular flexibility index (Phi) is 6.58. The molecule has 0 amide bonds. The third kappa shape index (κ3) is 7.77. The number of nitrogens with one attached hydrogen (secondary N) is 1. The van der Waals surface area contributed by atoms with Gasteiger partial charge in [0.05, 0.1) is 0 Å². The molecule has 0 spiro atoms. The number of hydrogen-bond acceptors (Lipinski definition) is 2. The molecule has 4 nitrogen and oxygen atoms in total. The van der Waals surface area contributed by atoms with E-state index in [0.29, 0.717) is 18.3 Å². The van der Waals surface area contributed by atoms with Crippen molar-refractivity contribution in [3.63, 3.8) is 0 Å². The molecule has 0 aliphatic rings. The van der Waals surface area contributed by atoms with Gasteiger partial charge in [0.25, 0.3) is 0 Å². The van der Waals surface area contributed by atoms with Crippen LogP contribution in [0.25, 0.3) is 0 Å². The summed E-state index contributed by atoms with van der Waals surface area (Å²) in [5.74, 6) is 1.17. The Morgan fingerprint density at radius 1 is 1.69 bits per heavy atom. The second-order valence-electron chi connectivity index (χ2n) is 2.97. The summed E-state index contributed by atoms with van der Waals surface area (Å²) in [5, 5.41) is 3.03. The van der Waals surface area contributed by atoms with Crippen LogP contribution in [0.15, 0.2) is 4.99 Å². The van der Waals surface area contributed by atoms with Gasteiger partial charge in [0.15, 0.2) is 5.96 Å². The lowest BCUT2D eigenvalue weighted by atomic mass is 10.3. The van der Waals surface area contributed by atoms with Gasteiger partial charge in [0.2, 0.25) is 0 Å². The molecule has 0 aliphatic heterocycles. The molecular formula is C8H19N3OS. The molecule has 3 N–H and O–H groups in total. The van der Waals surface area contributed by atoms with E-state index < -0.39 is 10.8 Å². The van der Waals surface area contributed by atoms with Crippen LogP contribution >= 0.6 is 0 Å². The van der Waals surface area contributed by atoms with E-state index in [9.17, 15) is 4.21 Å². The Balaban J connectivity index is 3.67. The average Bonchev–Trinajstić information content (AvgIpc) is 2.01. The van der Waals surface area contributed by atoms with Crippen LogP contribution in [0.1, 0.15) is 20.3 Å². The zero-order valence-corrected chi connectivity index (χ0v) is 9.36. The summed E-state index contributed by atoms with van der Waals surface area (Å²) >= 11 is 0. The number of hydrogen-bond donors (Lipinski definition) is 2. The highest BCUT2D eigenvalue weighted by molar-refractivity contribution is 7.84. The first-order valence-electron chi connectivity index (χ1n) is 4.42. The quantitative estimate of drug-likeness (QED) is 0.493. The first-order chi connectivity index (χ1) is 6.06. The largest absolute Gasteiger partial charge is 0.370 e. The molecule has 0 aromatic carbocycles. The van der Waals surface area contributed by atoms with Crippen molar-refractivity contribution in [2.75, 3.05) is 18.6 Å². The summed E-state index contributed by atoms with van der Waals surface area (Å²) < 4.78 is 10.8. The number of rotatable bonds is 5.